The van der Waals surface area contributed by atoms with Gasteiger partial charge in [-0.2, -0.15) is 0 Å². The van der Waals surface area contributed by atoms with Crippen LogP contribution in [0.1, 0.15) is 21.7 Å². The topological polar surface area (TPSA) is 58.6 Å². The number of benzene rings is 2. The van der Waals surface area contributed by atoms with Crippen LogP contribution in [0.25, 0.3) is 10.4 Å². The monoisotopic (exact) mass is 367 g/mol. The zero-order valence-corrected chi connectivity index (χ0v) is 15.2. The van der Waals surface area contributed by atoms with Gasteiger partial charge in [0.1, 0.15) is 17.2 Å². The molecular formula is C21H21NO3S. The first kappa shape index (κ1) is 18.2. The Hall–Kier alpha value is -2.63. The number of carbonyl (C=O) groups excluding carboxylic acids is 1. The highest BCUT2D eigenvalue weighted by Gasteiger charge is 2.18. The Morgan fingerprint density at radius 1 is 1.04 bits per heavy atom. The Labute approximate surface area is 157 Å². The largest absolute Gasteiger partial charge is 0.487 e. The van der Waals surface area contributed by atoms with E-state index in [1.165, 1.54) is 11.3 Å². The predicted molar refractivity (Wildman–Crippen MR) is 105 cm³/mol. The molecule has 0 saturated heterocycles. The molecule has 134 valence electrons. The van der Waals surface area contributed by atoms with Crippen molar-refractivity contribution >= 4 is 17.2 Å². The van der Waals surface area contributed by atoms with Gasteiger partial charge in [0.05, 0.1) is 0 Å². The van der Waals surface area contributed by atoms with Gasteiger partial charge < -0.3 is 15.2 Å². The van der Waals surface area contributed by atoms with Crippen LogP contribution < -0.4 is 10.1 Å². The van der Waals surface area contributed by atoms with Gasteiger partial charge in [0.25, 0.3) is 5.91 Å². The number of rotatable bonds is 8. The summed E-state index contributed by atoms with van der Waals surface area (Å²) < 4.78 is 5.95. The highest BCUT2D eigenvalue weighted by molar-refractivity contribution is 7.17. The Balaban J connectivity index is 1.82. The van der Waals surface area contributed by atoms with Crippen LogP contribution in [-0.2, 0) is 6.61 Å². The van der Waals surface area contributed by atoms with E-state index in [1.54, 1.807) is 0 Å². The average molecular weight is 367 g/mol. The fourth-order valence-electron chi connectivity index (χ4n) is 2.48. The van der Waals surface area contributed by atoms with Gasteiger partial charge in [-0.25, -0.2) is 0 Å². The van der Waals surface area contributed by atoms with Crippen LogP contribution >= 0.6 is 11.3 Å². The fourth-order valence-corrected chi connectivity index (χ4v) is 3.50. The van der Waals surface area contributed by atoms with Crippen LogP contribution in [0, 0.1) is 0 Å². The third-order valence-electron chi connectivity index (χ3n) is 3.82. The van der Waals surface area contributed by atoms with E-state index in [-0.39, 0.29) is 12.5 Å². The van der Waals surface area contributed by atoms with Crippen molar-refractivity contribution in [3.63, 3.8) is 0 Å². The van der Waals surface area contributed by atoms with E-state index in [1.807, 2.05) is 66.7 Å². The van der Waals surface area contributed by atoms with Gasteiger partial charge in [-0.3, -0.25) is 4.79 Å². The van der Waals surface area contributed by atoms with Crippen LogP contribution in [0.15, 0.2) is 66.7 Å². The van der Waals surface area contributed by atoms with Crippen molar-refractivity contribution in [2.24, 2.45) is 0 Å². The molecule has 0 aliphatic heterocycles. The van der Waals surface area contributed by atoms with Crippen molar-refractivity contribution < 1.29 is 14.6 Å². The second-order valence-electron chi connectivity index (χ2n) is 5.78. The summed E-state index contributed by atoms with van der Waals surface area (Å²) in [7, 11) is 0. The second-order valence-corrected chi connectivity index (χ2v) is 6.83. The quantitative estimate of drug-likeness (QED) is 0.589. The first-order chi connectivity index (χ1) is 12.8. The molecule has 0 atom stereocenters. The van der Waals surface area contributed by atoms with E-state index in [9.17, 15) is 4.79 Å². The van der Waals surface area contributed by atoms with Crippen molar-refractivity contribution in [3.05, 3.63) is 77.2 Å². The summed E-state index contributed by atoms with van der Waals surface area (Å²) in [6, 6.07) is 21.7. The maximum Gasteiger partial charge on any atom is 0.265 e. The number of ether oxygens (including phenoxy) is 1. The Bertz CT molecular complexity index is 831. The van der Waals surface area contributed by atoms with E-state index in [0.29, 0.717) is 30.2 Å². The van der Waals surface area contributed by atoms with Gasteiger partial charge >= 0.3 is 0 Å². The minimum absolute atomic E-state index is 0.0529. The number of thiophene rings is 1. The lowest BCUT2D eigenvalue weighted by Gasteiger charge is -2.07. The number of carbonyl (C=O) groups is 1. The molecule has 0 aliphatic carbocycles. The minimum atomic E-state index is -0.173. The van der Waals surface area contributed by atoms with E-state index in [0.717, 1.165) is 16.0 Å². The number of hydrogen-bond acceptors (Lipinski definition) is 4. The predicted octanol–water partition coefficient (Wildman–Crippen LogP) is 4.11. The zero-order valence-electron chi connectivity index (χ0n) is 14.4. The molecule has 3 aromatic rings. The van der Waals surface area contributed by atoms with Crippen molar-refractivity contribution in [2.75, 3.05) is 13.2 Å². The smallest absolute Gasteiger partial charge is 0.265 e. The van der Waals surface area contributed by atoms with Gasteiger partial charge in [0, 0.05) is 18.0 Å². The Morgan fingerprint density at radius 2 is 1.73 bits per heavy atom. The first-order valence-corrected chi connectivity index (χ1v) is 9.34. The molecule has 2 N–H and O–H groups in total. The SMILES string of the molecule is O=C(NCCCO)c1sc(-c2ccccc2)cc1OCc1ccccc1. The van der Waals surface area contributed by atoms with Gasteiger partial charge in [-0.15, -0.1) is 11.3 Å². The van der Waals surface area contributed by atoms with Crippen molar-refractivity contribution in [1.29, 1.82) is 0 Å². The highest BCUT2D eigenvalue weighted by atomic mass is 32.1. The molecule has 26 heavy (non-hydrogen) atoms. The molecule has 3 rings (SSSR count). The van der Waals surface area contributed by atoms with Crippen LogP contribution in [0.2, 0.25) is 0 Å². The first-order valence-electron chi connectivity index (χ1n) is 8.53. The van der Waals surface area contributed by atoms with Gasteiger partial charge in [0.15, 0.2) is 0 Å². The second kappa shape index (κ2) is 9.17. The summed E-state index contributed by atoms with van der Waals surface area (Å²) in [6.45, 7) is 0.895. The third-order valence-corrected chi connectivity index (χ3v) is 4.98. The molecule has 1 aromatic heterocycles. The van der Waals surface area contributed by atoms with Crippen LogP contribution in [0.5, 0.6) is 5.75 Å². The molecule has 0 saturated carbocycles. The van der Waals surface area contributed by atoms with E-state index in [4.69, 9.17) is 9.84 Å². The lowest BCUT2D eigenvalue weighted by molar-refractivity contribution is 0.0951. The number of nitrogens with one attached hydrogen (secondary N) is 1. The average Bonchev–Trinajstić information content (AvgIpc) is 3.12. The van der Waals surface area contributed by atoms with E-state index in [2.05, 4.69) is 5.32 Å². The number of aliphatic hydroxyl groups excluding tert-OH is 1. The number of amides is 1. The lowest BCUT2D eigenvalue weighted by Crippen LogP contribution is -2.24. The summed E-state index contributed by atoms with van der Waals surface area (Å²) in [6.07, 6.45) is 0.531. The van der Waals surface area contributed by atoms with Gasteiger partial charge in [-0.1, -0.05) is 60.7 Å². The van der Waals surface area contributed by atoms with Gasteiger partial charge in [0.2, 0.25) is 0 Å². The summed E-state index contributed by atoms with van der Waals surface area (Å²) in [4.78, 5) is 14.1. The molecule has 4 nitrogen and oxygen atoms in total. The Morgan fingerprint density at radius 3 is 2.42 bits per heavy atom. The molecule has 0 radical (unpaired) electrons. The third kappa shape index (κ3) is 4.71. The molecule has 1 amide bonds. The highest BCUT2D eigenvalue weighted by Crippen LogP contribution is 2.36. The lowest BCUT2D eigenvalue weighted by atomic mass is 10.2. The summed E-state index contributed by atoms with van der Waals surface area (Å²) in [5.41, 5.74) is 2.10. The zero-order chi connectivity index (χ0) is 18.2. The maximum atomic E-state index is 12.5. The standard InChI is InChI=1S/C21H21NO3S/c23-13-7-12-22-21(24)20-18(25-15-16-8-3-1-4-9-16)14-19(26-20)17-10-5-2-6-11-17/h1-6,8-11,14,23H,7,12-13,15H2,(H,22,24). The fraction of sp³-hybridized carbons (Fsp3) is 0.190. The summed E-state index contributed by atoms with van der Waals surface area (Å²) in [5, 5.41) is 11.7. The molecule has 0 spiro atoms. The van der Waals surface area contributed by atoms with Crippen molar-refractivity contribution in [3.8, 4) is 16.2 Å². The van der Waals surface area contributed by atoms with E-state index < -0.39 is 0 Å². The normalized spacial score (nSPS) is 10.5. The molecular weight excluding hydrogens is 346 g/mol. The van der Waals surface area contributed by atoms with Crippen molar-refractivity contribution in [1.82, 2.24) is 5.32 Å². The van der Waals surface area contributed by atoms with Crippen LogP contribution in [0.4, 0.5) is 0 Å². The molecule has 0 aliphatic rings. The maximum absolute atomic E-state index is 12.5. The van der Waals surface area contributed by atoms with Gasteiger partial charge in [-0.05, 0) is 23.6 Å². The molecule has 0 unspecified atom stereocenters. The van der Waals surface area contributed by atoms with Crippen molar-refractivity contribution in [2.45, 2.75) is 13.0 Å². The number of aliphatic hydroxyl groups is 1. The molecule has 0 bridgehead atoms. The molecule has 1 heterocycles. The number of hydrogen-bond donors (Lipinski definition) is 2. The van der Waals surface area contributed by atoms with Crippen LogP contribution in [0.3, 0.4) is 0 Å². The molecule has 0 fully saturated rings. The minimum Gasteiger partial charge on any atom is -0.487 e. The molecule has 5 heteroatoms. The molecule has 2 aromatic carbocycles. The summed E-state index contributed by atoms with van der Waals surface area (Å²) >= 11 is 1.41. The van der Waals surface area contributed by atoms with Crippen LogP contribution in [-0.4, -0.2) is 24.2 Å². The van der Waals surface area contributed by atoms with E-state index >= 15 is 0 Å². The Kier molecular flexibility index (Phi) is 6.41. The summed E-state index contributed by atoms with van der Waals surface area (Å²) in [5.74, 6) is 0.410.